The second-order valence-corrected chi connectivity index (χ2v) is 4.75. The zero-order valence-electron chi connectivity index (χ0n) is 11.6. The minimum atomic E-state index is -1.20. The molecule has 22 heavy (non-hydrogen) atoms. The Labute approximate surface area is 126 Å². The van der Waals surface area contributed by atoms with Crippen LogP contribution in [-0.4, -0.2) is 39.7 Å². The number of benzene rings is 1. The topological polar surface area (TPSA) is 97.3 Å². The molecule has 112 valence electrons. The molecule has 0 aliphatic carbocycles. The van der Waals surface area contributed by atoms with Crippen molar-refractivity contribution in [3.05, 3.63) is 35.5 Å². The zero-order chi connectivity index (χ0) is 15.4. The minimum absolute atomic E-state index is 0.00515. The Balaban J connectivity index is 1.68. The number of rotatable bonds is 3. The van der Waals surface area contributed by atoms with Gasteiger partial charge < -0.3 is 14.6 Å². The third-order valence-electron chi connectivity index (χ3n) is 3.14. The molecule has 1 aromatic carbocycles. The summed E-state index contributed by atoms with van der Waals surface area (Å²) in [5.41, 5.74) is 0.602. The summed E-state index contributed by atoms with van der Waals surface area (Å²) in [5, 5.41) is 18.2. The molecule has 3 rings (SSSR count). The molecule has 0 spiro atoms. The number of carboxylic acids is 1. The van der Waals surface area contributed by atoms with Crippen molar-refractivity contribution < 1.29 is 19.4 Å². The first-order chi connectivity index (χ1) is 10.7. The predicted molar refractivity (Wildman–Crippen MR) is 75.7 cm³/mol. The Hall–Kier alpha value is -2.85. The van der Waals surface area contributed by atoms with Crippen molar-refractivity contribution in [1.82, 2.24) is 15.4 Å². The molecule has 1 fully saturated rings. The average molecular weight is 299 g/mol. The zero-order valence-corrected chi connectivity index (χ0v) is 11.6. The maximum atomic E-state index is 10.9. The van der Waals surface area contributed by atoms with Gasteiger partial charge in [-0.1, -0.05) is 17.1 Å². The Morgan fingerprint density at radius 2 is 2.23 bits per heavy atom. The van der Waals surface area contributed by atoms with Crippen LogP contribution in [0.4, 0.5) is 0 Å². The number of aromatic nitrogens is 3. The Bertz CT molecular complexity index is 721. The molecule has 2 aromatic rings. The lowest BCUT2D eigenvalue weighted by atomic mass is 10.1. The van der Waals surface area contributed by atoms with Crippen LogP contribution in [0.5, 0.6) is 11.6 Å². The molecule has 2 N–H and O–H groups in total. The first-order valence-electron chi connectivity index (χ1n) is 6.74. The molecule has 0 bridgehead atoms. The van der Waals surface area contributed by atoms with E-state index in [4.69, 9.17) is 14.6 Å². The monoisotopic (exact) mass is 299 g/mol. The van der Waals surface area contributed by atoms with Gasteiger partial charge in [0.05, 0.1) is 6.61 Å². The van der Waals surface area contributed by atoms with E-state index < -0.39 is 5.97 Å². The highest BCUT2D eigenvalue weighted by atomic mass is 16.5. The third-order valence-corrected chi connectivity index (χ3v) is 3.14. The van der Waals surface area contributed by atoms with Gasteiger partial charge in [0.25, 0.3) is 5.88 Å². The van der Waals surface area contributed by atoms with E-state index in [2.05, 4.69) is 27.3 Å². The lowest BCUT2D eigenvalue weighted by Gasteiger charge is -2.03. The van der Waals surface area contributed by atoms with E-state index in [0.717, 1.165) is 18.6 Å². The number of hydrogen-bond acceptors (Lipinski definition) is 5. The summed E-state index contributed by atoms with van der Waals surface area (Å²) in [4.78, 5) is 10.9. The van der Waals surface area contributed by atoms with E-state index in [1.807, 2.05) is 12.1 Å². The van der Waals surface area contributed by atoms with Crippen molar-refractivity contribution in [2.75, 3.05) is 13.2 Å². The fraction of sp³-hybridized carbons (Fsp3) is 0.267. The number of carboxylic acid groups (broad SMARTS) is 1. The van der Waals surface area contributed by atoms with E-state index >= 15 is 0 Å². The predicted octanol–water partition coefficient (Wildman–Crippen LogP) is 1.68. The highest BCUT2D eigenvalue weighted by Gasteiger charge is 2.16. The van der Waals surface area contributed by atoms with Gasteiger partial charge in [0, 0.05) is 18.1 Å². The van der Waals surface area contributed by atoms with Crippen LogP contribution in [0.25, 0.3) is 0 Å². The van der Waals surface area contributed by atoms with E-state index in [1.165, 1.54) is 0 Å². The van der Waals surface area contributed by atoms with Crippen molar-refractivity contribution >= 4 is 5.97 Å². The van der Waals surface area contributed by atoms with Crippen LogP contribution in [0.15, 0.2) is 24.3 Å². The number of ether oxygens (including phenoxy) is 2. The number of aromatic carboxylic acids is 1. The molecule has 1 saturated heterocycles. The Kier molecular flexibility index (Phi) is 4.03. The molecular weight excluding hydrogens is 286 g/mol. The van der Waals surface area contributed by atoms with E-state index in [9.17, 15) is 4.79 Å². The van der Waals surface area contributed by atoms with Crippen molar-refractivity contribution in [3.63, 3.8) is 0 Å². The summed E-state index contributed by atoms with van der Waals surface area (Å²) < 4.78 is 10.7. The molecule has 1 aliphatic rings. The van der Waals surface area contributed by atoms with E-state index in [1.54, 1.807) is 12.1 Å². The van der Waals surface area contributed by atoms with Gasteiger partial charge in [-0.25, -0.2) is 9.89 Å². The normalized spacial score (nSPS) is 16.8. The highest BCUT2D eigenvalue weighted by molar-refractivity contribution is 5.87. The van der Waals surface area contributed by atoms with Gasteiger partial charge in [0.15, 0.2) is 0 Å². The number of carbonyl (C=O) groups is 1. The summed E-state index contributed by atoms with van der Waals surface area (Å²) in [6.45, 7) is 1.47. The average Bonchev–Trinajstić information content (AvgIpc) is 3.17. The van der Waals surface area contributed by atoms with Crippen LogP contribution in [0, 0.1) is 17.8 Å². The lowest BCUT2D eigenvalue weighted by molar-refractivity contribution is 0.0687. The second kappa shape index (κ2) is 6.28. The van der Waals surface area contributed by atoms with Gasteiger partial charge >= 0.3 is 5.97 Å². The lowest BCUT2D eigenvalue weighted by Crippen LogP contribution is -1.99. The van der Waals surface area contributed by atoms with Crippen LogP contribution in [-0.2, 0) is 4.74 Å². The summed E-state index contributed by atoms with van der Waals surface area (Å²) in [7, 11) is 0. The van der Waals surface area contributed by atoms with Gasteiger partial charge in [0.1, 0.15) is 5.75 Å². The number of H-pyrrole nitrogens is 1. The molecule has 1 unspecified atom stereocenters. The summed E-state index contributed by atoms with van der Waals surface area (Å²) in [6.07, 6.45) is 0.971. The van der Waals surface area contributed by atoms with Crippen LogP contribution in [0.1, 0.15) is 22.5 Å². The molecule has 0 amide bonds. The molecule has 7 heteroatoms. The minimum Gasteiger partial charge on any atom is -0.476 e. The molecule has 0 radical (unpaired) electrons. The van der Waals surface area contributed by atoms with E-state index in [-0.39, 0.29) is 11.6 Å². The first-order valence-corrected chi connectivity index (χ1v) is 6.74. The smallest absolute Gasteiger partial charge is 0.362 e. The van der Waals surface area contributed by atoms with Crippen molar-refractivity contribution in [2.45, 2.75) is 6.42 Å². The standard InChI is InChI=1S/C15H13N3O4/c19-15(20)13-14(17-18-16-13)22-12-5-3-10(4-6-12)1-2-11-7-8-21-9-11/h3-6,11H,7-9H2,(H,19,20)(H,16,17,18). The largest absolute Gasteiger partial charge is 0.476 e. The van der Waals surface area contributed by atoms with Crippen molar-refractivity contribution in [2.24, 2.45) is 5.92 Å². The molecule has 2 heterocycles. The van der Waals surface area contributed by atoms with Crippen LogP contribution < -0.4 is 4.74 Å². The van der Waals surface area contributed by atoms with Gasteiger partial charge in [-0.2, -0.15) is 0 Å². The summed E-state index contributed by atoms with van der Waals surface area (Å²) in [6, 6.07) is 7.04. The van der Waals surface area contributed by atoms with Crippen molar-refractivity contribution in [3.8, 4) is 23.5 Å². The third kappa shape index (κ3) is 3.24. The van der Waals surface area contributed by atoms with E-state index in [0.29, 0.717) is 18.3 Å². The van der Waals surface area contributed by atoms with Crippen LogP contribution >= 0.6 is 0 Å². The highest BCUT2D eigenvalue weighted by Crippen LogP contribution is 2.21. The van der Waals surface area contributed by atoms with Crippen LogP contribution in [0.3, 0.4) is 0 Å². The van der Waals surface area contributed by atoms with Gasteiger partial charge in [-0.15, -0.1) is 5.10 Å². The number of nitrogens with zero attached hydrogens (tertiary/aromatic N) is 2. The molecular formula is C15H13N3O4. The van der Waals surface area contributed by atoms with Gasteiger partial charge in [-0.3, -0.25) is 0 Å². The molecule has 1 aromatic heterocycles. The maximum absolute atomic E-state index is 10.9. The first kappa shape index (κ1) is 14.1. The fourth-order valence-electron chi connectivity index (χ4n) is 1.99. The molecule has 1 aliphatic heterocycles. The quantitative estimate of drug-likeness (QED) is 0.837. The van der Waals surface area contributed by atoms with Crippen LogP contribution in [0.2, 0.25) is 0 Å². The fourth-order valence-corrected chi connectivity index (χ4v) is 1.99. The Morgan fingerprint density at radius 1 is 1.41 bits per heavy atom. The maximum Gasteiger partial charge on any atom is 0.362 e. The summed E-state index contributed by atoms with van der Waals surface area (Å²) in [5.74, 6) is 5.82. The number of nitrogens with one attached hydrogen (secondary N) is 1. The molecule has 1 atom stereocenters. The summed E-state index contributed by atoms with van der Waals surface area (Å²) >= 11 is 0. The molecule has 0 saturated carbocycles. The number of aromatic amines is 1. The Morgan fingerprint density at radius 3 is 2.91 bits per heavy atom. The van der Waals surface area contributed by atoms with Gasteiger partial charge in [0.2, 0.25) is 5.69 Å². The van der Waals surface area contributed by atoms with Gasteiger partial charge in [-0.05, 0) is 30.7 Å². The van der Waals surface area contributed by atoms with Crippen molar-refractivity contribution in [1.29, 1.82) is 0 Å². The molecule has 7 nitrogen and oxygen atoms in total. The number of hydrogen-bond donors (Lipinski definition) is 2. The second-order valence-electron chi connectivity index (χ2n) is 4.75. The SMILES string of the molecule is O=C(O)c1nn[nH]c1Oc1ccc(C#CC2CCOC2)cc1.